The third-order valence-corrected chi connectivity index (χ3v) is 4.31. The molecule has 1 aromatic heterocycles. The average molecular weight is 371 g/mol. The molecule has 1 heterocycles. The normalized spacial score (nSPS) is 12.0. The zero-order valence-electron chi connectivity index (χ0n) is 14.7. The number of halogens is 2. The van der Waals surface area contributed by atoms with Gasteiger partial charge in [0, 0.05) is 12.3 Å². The van der Waals surface area contributed by atoms with Gasteiger partial charge in [0.1, 0.15) is 6.61 Å². The highest BCUT2D eigenvalue weighted by atomic mass is 19.2. The fraction of sp³-hybridized carbons (Fsp3) is 0.190. The number of nitrogens with zero attached hydrogens (tertiary/aromatic N) is 1. The van der Waals surface area contributed by atoms with Gasteiger partial charge in [0.2, 0.25) is 5.43 Å². The molecule has 0 aliphatic heterocycles. The lowest BCUT2D eigenvalue weighted by Gasteiger charge is -2.18. The molecule has 2 aromatic carbocycles. The molecule has 0 radical (unpaired) electrons. The van der Waals surface area contributed by atoms with Crippen LogP contribution >= 0.6 is 0 Å². The smallest absolute Gasteiger partial charge is 0.223 e. The molecule has 4 nitrogen and oxygen atoms in total. The van der Waals surface area contributed by atoms with E-state index in [1.54, 1.807) is 11.5 Å². The van der Waals surface area contributed by atoms with E-state index >= 15 is 0 Å². The largest absolute Gasteiger partial charge is 0.483 e. The number of ether oxygens (including phenoxy) is 1. The monoisotopic (exact) mass is 371 g/mol. The average Bonchev–Trinajstić information content (AvgIpc) is 2.67. The first-order chi connectivity index (χ1) is 13.0. The third kappa shape index (κ3) is 4.41. The van der Waals surface area contributed by atoms with E-state index in [1.165, 1.54) is 18.3 Å². The number of hydrogen-bond donors (Lipinski definition) is 1. The van der Waals surface area contributed by atoms with Crippen LogP contribution in [-0.4, -0.2) is 9.67 Å². The molecule has 0 saturated carbocycles. The Morgan fingerprint density at radius 2 is 1.81 bits per heavy atom. The first-order valence-corrected chi connectivity index (χ1v) is 8.45. The standard InChI is InChI=1S/C21H19F2NO3/c1-14-21(27-13-15-5-3-2-4-6-15)19(25)9-10-24(14)12-20(26)16-7-8-17(22)18(23)11-16/h2-11,20,26H,12-13H2,1H3/t20-/m0/s1. The van der Waals surface area contributed by atoms with Crippen molar-refractivity contribution in [3.63, 3.8) is 0 Å². The van der Waals surface area contributed by atoms with Crippen LogP contribution in [0, 0.1) is 18.6 Å². The van der Waals surface area contributed by atoms with Crippen LogP contribution in [-0.2, 0) is 13.2 Å². The van der Waals surface area contributed by atoms with E-state index < -0.39 is 17.7 Å². The first-order valence-electron chi connectivity index (χ1n) is 8.45. The van der Waals surface area contributed by atoms with Crippen LogP contribution in [0.3, 0.4) is 0 Å². The molecule has 27 heavy (non-hydrogen) atoms. The van der Waals surface area contributed by atoms with Gasteiger partial charge in [-0.2, -0.15) is 0 Å². The fourth-order valence-electron chi connectivity index (χ4n) is 2.77. The Kier molecular flexibility index (Phi) is 5.66. The van der Waals surface area contributed by atoms with Crippen molar-refractivity contribution in [1.82, 2.24) is 4.57 Å². The van der Waals surface area contributed by atoms with E-state index in [2.05, 4.69) is 0 Å². The van der Waals surface area contributed by atoms with Gasteiger partial charge in [0.15, 0.2) is 17.4 Å². The van der Waals surface area contributed by atoms with Crippen molar-refractivity contribution >= 4 is 0 Å². The van der Waals surface area contributed by atoms with Crippen molar-refractivity contribution in [1.29, 1.82) is 0 Å². The number of rotatable bonds is 6. The lowest BCUT2D eigenvalue weighted by Crippen LogP contribution is -2.17. The molecule has 140 valence electrons. The van der Waals surface area contributed by atoms with Crippen LogP contribution < -0.4 is 10.2 Å². The number of pyridine rings is 1. The summed E-state index contributed by atoms with van der Waals surface area (Å²) >= 11 is 0. The topological polar surface area (TPSA) is 51.5 Å². The Hall–Kier alpha value is -2.99. The van der Waals surface area contributed by atoms with E-state index in [0.717, 1.165) is 17.7 Å². The molecular weight excluding hydrogens is 352 g/mol. The quantitative estimate of drug-likeness (QED) is 0.718. The Bertz CT molecular complexity index is 986. The van der Waals surface area contributed by atoms with E-state index in [0.29, 0.717) is 5.69 Å². The molecule has 1 N–H and O–H groups in total. The molecular formula is C21H19F2NO3. The van der Waals surface area contributed by atoms with Crippen molar-refractivity contribution in [3.8, 4) is 5.75 Å². The van der Waals surface area contributed by atoms with Crippen molar-refractivity contribution < 1.29 is 18.6 Å². The maximum Gasteiger partial charge on any atom is 0.223 e. The molecule has 0 unspecified atom stereocenters. The lowest BCUT2D eigenvalue weighted by molar-refractivity contribution is 0.154. The van der Waals surface area contributed by atoms with Crippen LogP contribution in [0.4, 0.5) is 8.78 Å². The number of benzene rings is 2. The fourth-order valence-corrected chi connectivity index (χ4v) is 2.77. The molecule has 0 saturated heterocycles. The van der Waals surface area contributed by atoms with Gasteiger partial charge in [-0.25, -0.2) is 8.78 Å². The molecule has 0 spiro atoms. The van der Waals surface area contributed by atoms with E-state index in [4.69, 9.17) is 4.74 Å². The maximum atomic E-state index is 13.4. The second-order valence-corrected chi connectivity index (χ2v) is 6.21. The minimum absolute atomic E-state index is 0.0683. The summed E-state index contributed by atoms with van der Waals surface area (Å²) in [5.74, 6) is -1.80. The van der Waals surface area contributed by atoms with Gasteiger partial charge in [0.05, 0.1) is 18.3 Å². The zero-order valence-corrected chi connectivity index (χ0v) is 14.7. The summed E-state index contributed by atoms with van der Waals surface area (Å²) in [5, 5.41) is 10.4. The van der Waals surface area contributed by atoms with Crippen molar-refractivity contribution in [3.05, 3.63) is 99.5 Å². The molecule has 0 bridgehead atoms. The lowest BCUT2D eigenvalue weighted by atomic mass is 10.1. The second kappa shape index (κ2) is 8.14. The summed E-state index contributed by atoms with van der Waals surface area (Å²) < 4.78 is 33.8. The highest BCUT2D eigenvalue weighted by Gasteiger charge is 2.15. The summed E-state index contributed by atoms with van der Waals surface area (Å²) in [6.07, 6.45) is 0.471. The summed E-state index contributed by atoms with van der Waals surface area (Å²) in [6.45, 7) is 2.02. The molecule has 6 heteroatoms. The maximum absolute atomic E-state index is 13.4. The van der Waals surface area contributed by atoms with Crippen LogP contribution in [0.15, 0.2) is 65.6 Å². The molecule has 1 atom stereocenters. The Labute approximate surface area is 155 Å². The van der Waals surface area contributed by atoms with Gasteiger partial charge >= 0.3 is 0 Å². The second-order valence-electron chi connectivity index (χ2n) is 6.21. The van der Waals surface area contributed by atoms with Crippen LogP contribution in [0.5, 0.6) is 5.75 Å². The summed E-state index contributed by atoms with van der Waals surface area (Å²) in [4.78, 5) is 12.2. The summed E-state index contributed by atoms with van der Waals surface area (Å²) in [5.41, 5.74) is 1.45. The van der Waals surface area contributed by atoms with Gasteiger partial charge < -0.3 is 14.4 Å². The highest BCUT2D eigenvalue weighted by Crippen LogP contribution is 2.21. The Morgan fingerprint density at radius 3 is 2.52 bits per heavy atom. The van der Waals surface area contributed by atoms with Crippen molar-refractivity contribution in [2.45, 2.75) is 26.2 Å². The number of aliphatic hydroxyl groups is 1. The van der Waals surface area contributed by atoms with Gasteiger partial charge in [-0.15, -0.1) is 0 Å². The van der Waals surface area contributed by atoms with Crippen LogP contribution in [0.2, 0.25) is 0 Å². The van der Waals surface area contributed by atoms with Crippen molar-refractivity contribution in [2.24, 2.45) is 0 Å². The van der Waals surface area contributed by atoms with E-state index in [1.807, 2.05) is 30.3 Å². The SMILES string of the molecule is Cc1c(OCc2ccccc2)c(=O)ccn1C[C@H](O)c1ccc(F)c(F)c1. The molecule has 3 rings (SSSR count). The zero-order chi connectivity index (χ0) is 19.4. The molecule has 3 aromatic rings. The predicted octanol–water partition coefficient (Wildman–Crippen LogP) is 3.75. The van der Waals surface area contributed by atoms with Gasteiger partial charge in [-0.3, -0.25) is 4.79 Å². The Balaban J connectivity index is 1.79. The summed E-state index contributed by atoms with van der Waals surface area (Å²) in [6, 6.07) is 14.1. The molecule has 0 amide bonds. The van der Waals surface area contributed by atoms with E-state index in [-0.39, 0.29) is 29.9 Å². The van der Waals surface area contributed by atoms with Crippen LogP contribution in [0.1, 0.15) is 22.9 Å². The number of aromatic nitrogens is 1. The van der Waals surface area contributed by atoms with Gasteiger partial charge in [0.25, 0.3) is 0 Å². The first kappa shape index (κ1) is 18.8. The number of hydrogen-bond acceptors (Lipinski definition) is 3. The molecule has 0 aliphatic rings. The minimum atomic E-state index is -1.07. The highest BCUT2D eigenvalue weighted by molar-refractivity contribution is 5.28. The molecule has 0 aliphatic carbocycles. The third-order valence-electron chi connectivity index (χ3n) is 4.31. The predicted molar refractivity (Wildman–Crippen MR) is 97.5 cm³/mol. The van der Waals surface area contributed by atoms with Gasteiger partial charge in [-0.05, 0) is 30.2 Å². The summed E-state index contributed by atoms with van der Waals surface area (Å²) in [7, 11) is 0. The van der Waals surface area contributed by atoms with Crippen molar-refractivity contribution in [2.75, 3.05) is 0 Å². The minimum Gasteiger partial charge on any atom is -0.483 e. The van der Waals surface area contributed by atoms with Gasteiger partial charge in [-0.1, -0.05) is 36.4 Å². The molecule has 0 fully saturated rings. The van der Waals surface area contributed by atoms with E-state index in [9.17, 15) is 18.7 Å². The van der Waals surface area contributed by atoms with Crippen LogP contribution in [0.25, 0.3) is 0 Å². The number of aliphatic hydroxyl groups excluding tert-OH is 1. The Morgan fingerprint density at radius 1 is 1.07 bits per heavy atom.